The first-order valence-electron chi connectivity index (χ1n) is 8.04. The Morgan fingerprint density at radius 2 is 2.17 bits per heavy atom. The van der Waals surface area contributed by atoms with Crippen molar-refractivity contribution in [2.75, 3.05) is 6.54 Å². The highest BCUT2D eigenvalue weighted by Gasteiger charge is 2.46. The second kappa shape index (κ2) is 6.49. The standard InChI is InChI=1S/C17H22ClN3O2/c1-10(2)15-17(23)21-9-13(7-14(21)16(22)20-15)19-8-11-4-3-5-12(18)6-11/h3-6,10,13-15,19H,7-9H2,1-2H3,(H,20,22)/t13-,14-,15+/m0/s1. The second-order valence-corrected chi connectivity index (χ2v) is 7.12. The van der Waals surface area contributed by atoms with Crippen molar-refractivity contribution in [3.05, 3.63) is 34.9 Å². The number of piperazine rings is 1. The van der Waals surface area contributed by atoms with Gasteiger partial charge in [0.25, 0.3) is 0 Å². The lowest BCUT2D eigenvalue weighted by Gasteiger charge is -2.36. The summed E-state index contributed by atoms with van der Waals surface area (Å²) < 4.78 is 0. The van der Waals surface area contributed by atoms with Gasteiger partial charge in [-0.15, -0.1) is 0 Å². The largest absolute Gasteiger partial charge is 0.342 e. The van der Waals surface area contributed by atoms with Crippen LogP contribution in [0, 0.1) is 5.92 Å². The Kier molecular flexibility index (Phi) is 4.60. The van der Waals surface area contributed by atoms with Crippen LogP contribution in [0.5, 0.6) is 0 Å². The van der Waals surface area contributed by atoms with Gasteiger partial charge in [-0.2, -0.15) is 0 Å². The van der Waals surface area contributed by atoms with Gasteiger partial charge in [-0.25, -0.2) is 0 Å². The van der Waals surface area contributed by atoms with Gasteiger partial charge in [-0.3, -0.25) is 9.59 Å². The zero-order valence-electron chi connectivity index (χ0n) is 13.4. The van der Waals surface area contributed by atoms with Gasteiger partial charge >= 0.3 is 0 Å². The maximum Gasteiger partial charge on any atom is 0.246 e. The zero-order chi connectivity index (χ0) is 16.6. The Morgan fingerprint density at radius 3 is 2.87 bits per heavy atom. The van der Waals surface area contributed by atoms with Crippen LogP contribution in [0.3, 0.4) is 0 Å². The van der Waals surface area contributed by atoms with Crippen LogP contribution in [-0.2, 0) is 16.1 Å². The van der Waals surface area contributed by atoms with Crippen molar-refractivity contribution in [2.45, 2.75) is 44.9 Å². The average molecular weight is 336 g/mol. The molecule has 3 rings (SSSR count). The Bertz CT molecular complexity index is 620. The number of carbonyl (C=O) groups excluding carboxylic acids is 2. The van der Waals surface area contributed by atoms with E-state index in [0.717, 1.165) is 5.56 Å². The fraction of sp³-hybridized carbons (Fsp3) is 0.529. The Balaban J connectivity index is 1.63. The molecule has 3 atom stereocenters. The van der Waals surface area contributed by atoms with Crippen molar-refractivity contribution in [1.82, 2.24) is 15.5 Å². The summed E-state index contributed by atoms with van der Waals surface area (Å²) in [6, 6.07) is 7.08. The topological polar surface area (TPSA) is 61.4 Å². The summed E-state index contributed by atoms with van der Waals surface area (Å²) in [7, 11) is 0. The summed E-state index contributed by atoms with van der Waals surface area (Å²) in [5.41, 5.74) is 1.10. The van der Waals surface area contributed by atoms with Crippen LogP contribution in [0.25, 0.3) is 0 Å². The normalized spacial score (nSPS) is 27.3. The highest BCUT2D eigenvalue weighted by molar-refractivity contribution is 6.30. The van der Waals surface area contributed by atoms with Gasteiger partial charge in [0.1, 0.15) is 12.1 Å². The minimum absolute atomic E-state index is 0.0321. The summed E-state index contributed by atoms with van der Waals surface area (Å²) in [6.45, 7) is 5.16. The molecule has 5 nitrogen and oxygen atoms in total. The van der Waals surface area contributed by atoms with Gasteiger partial charge < -0.3 is 15.5 Å². The minimum atomic E-state index is -0.398. The van der Waals surface area contributed by atoms with Crippen LogP contribution in [0.1, 0.15) is 25.8 Å². The Labute approximate surface area is 141 Å². The molecule has 2 fully saturated rings. The molecule has 6 heteroatoms. The van der Waals surface area contributed by atoms with Crippen LogP contribution < -0.4 is 10.6 Å². The third-order valence-electron chi connectivity index (χ3n) is 4.60. The van der Waals surface area contributed by atoms with Gasteiger partial charge in [0.2, 0.25) is 11.8 Å². The summed E-state index contributed by atoms with van der Waals surface area (Å²) in [5.74, 6) is 0.109. The molecule has 0 aliphatic carbocycles. The first-order valence-corrected chi connectivity index (χ1v) is 8.42. The molecule has 2 N–H and O–H groups in total. The van der Waals surface area contributed by atoms with Crippen LogP contribution in [0.4, 0.5) is 0 Å². The summed E-state index contributed by atoms with van der Waals surface area (Å²) in [5, 5.41) is 7.01. The number of benzene rings is 1. The number of nitrogens with one attached hydrogen (secondary N) is 2. The maximum atomic E-state index is 12.5. The number of halogens is 1. The molecule has 0 spiro atoms. The molecule has 0 bridgehead atoms. The lowest BCUT2D eigenvalue weighted by atomic mass is 9.98. The molecular formula is C17H22ClN3O2. The molecule has 0 saturated carbocycles. The molecule has 1 aromatic carbocycles. The van der Waals surface area contributed by atoms with Gasteiger partial charge in [-0.1, -0.05) is 37.6 Å². The van der Waals surface area contributed by atoms with Gasteiger partial charge in [-0.05, 0) is 30.0 Å². The van der Waals surface area contributed by atoms with Gasteiger partial charge in [0, 0.05) is 24.2 Å². The van der Waals surface area contributed by atoms with Gasteiger partial charge in [0.15, 0.2) is 0 Å². The highest BCUT2D eigenvalue weighted by Crippen LogP contribution is 2.25. The molecule has 23 heavy (non-hydrogen) atoms. The fourth-order valence-electron chi connectivity index (χ4n) is 3.33. The molecular weight excluding hydrogens is 314 g/mol. The molecule has 124 valence electrons. The third-order valence-corrected chi connectivity index (χ3v) is 4.84. The van der Waals surface area contributed by atoms with Crippen LogP contribution in [0.2, 0.25) is 5.02 Å². The zero-order valence-corrected chi connectivity index (χ0v) is 14.1. The van der Waals surface area contributed by atoms with E-state index in [4.69, 9.17) is 11.6 Å². The third kappa shape index (κ3) is 3.35. The molecule has 2 aliphatic heterocycles. The lowest BCUT2D eigenvalue weighted by molar-refractivity contribution is -0.148. The summed E-state index contributed by atoms with van der Waals surface area (Å²) >= 11 is 5.99. The van der Waals surface area contributed by atoms with E-state index in [1.165, 1.54) is 0 Å². The molecule has 0 aromatic heterocycles. The van der Waals surface area contributed by atoms with Crippen molar-refractivity contribution in [2.24, 2.45) is 5.92 Å². The van der Waals surface area contributed by atoms with E-state index in [-0.39, 0.29) is 29.8 Å². The lowest BCUT2D eigenvalue weighted by Crippen LogP contribution is -2.62. The minimum Gasteiger partial charge on any atom is -0.342 e. The summed E-state index contributed by atoms with van der Waals surface area (Å²) in [6.07, 6.45) is 0.656. The molecule has 1 aromatic rings. The maximum absolute atomic E-state index is 12.5. The van der Waals surface area contributed by atoms with Crippen LogP contribution >= 0.6 is 11.6 Å². The summed E-state index contributed by atoms with van der Waals surface area (Å²) in [4.78, 5) is 26.5. The number of hydrogen-bond donors (Lipinski definition) is 2. The quantitative estimate of drug-likeness (QED) is 0.877. The van der Waals surface area contributed by atoms with E-state index < -0.39 is 6.04 Å². The van der Waals surface area contributed by atoms with E-state index in [1.54, 1.807) is 4.90 Å². The molecule has 0 radical (unpaired) electrons. The molecule has 2 heterocycles. The van der Waals surface area contributed by atoms with E-state index in [2.05, 4.69) is 10.6 Å². The van der Waals surface area contributed by atoms with Gasteiger partial charge in [0.05, 0.1) is 0 Å². The first-order chi connectivity index (χ1) is 11.0. The Morgan fingerprint density at radius 1 is 1.39 bits per heavy atom. The van der Waals surface area contributed by atoms with E-state index in [9.17, 15) is 9.59 Å². The smallest absolute Gasteiger partial charge is 0.246 e. The fourth-order valence-corrected chi connectivity index (χ4v) is 3.54. The molecule has 2 amide bonds. The molecule has 2 aliphatic rings. The van der Waals surface area contributed by atoms with Crippen molar-refractivity contribution >= 4 is 23.4 Å². The van der Waals surface area contributed by atoms with E-state index in [1.807, 2.05) is 38.1 Å². The van der Waals surface area contributed by atoms with E-state index in [0.29, 0.717) is 24.5 Å². The van der Waals surface area contributed by atoms with Crippen molar-refractivity contribution in [3.63, 3.8) is 0 Å². The average Bonchev–Trinajstić information content (AvgIpc) is 2.94. The SMILES string of the molecule is CC(C)[C@H]1NC(=O)[C@@H]2C[C@H](NCc3cccc(Cl)c3)CN2C1=O. The van der Waals surface area contributed by atoms with Crippen molar-refractivity contribution < 1.29 is 9.59 Å². The molecule has 2 saturated heterocycles. The number of hydrogen-bond acceptors (Lipinski definition) is 3. The monoisotopic (exact) mass is 335 g/mol. The number of rotatable bonds is 4. The number of amides is 2. The number of carbonyl (C=O) groups is 2. The van der Waals surface area contributed by atoms with Crippen LogP contribution in [-0.4, -0.2) is 41.4 Å². The predicted octanol–water partition coefficient (Wildman–Crippen LogP) is 1.55. The number of nitrogens with zero attached hydrogens (tertiary/aromatic N) is 1. The Hall–Kier alpha value is -1.59. The van der Waals surface area contributed by atoms with E-state index >= 15 is 0 Å². The molecule has 0 unspecified atom stereocenters. The second-order valence-electron chi connectivity index (χ2n) is 6.68. The number of fused-ring (bicyclic) bond motifs is 1. The first kappa shape index (κ1) is 16.3. The van der Waals surface area contributed by atoms with Crippen LogP contribution in [0.15, 0.2) is 24.3 Å². The predicted molar refractivity (Wildman–Crippen MR) is 89.0 cm³/mol. The van der Waals surface area contributed by atoms with Crippen molar-refractivity contribution in [1.29, 1.82) is 0 Å². The van der Waals surface area contributed by atoms with Crippen molar-refractivity contribution in [3.8, 4) is 0 Å². The highest BCUT2D eigenvalue weighted by atomic mass is 35.5.